The number of amides is 1. The third-order valence-electron chi connectivity index (χ3n) is 1.41. The van der Waals surface area contributed by atoms with Gasteiger partial charge in [0, 0.05) is 42.6 Å². The maximum absolute atomic E-state index is 11.2. The summed E-state index contributed by atoms with van der Waals surface area (Å²) in [6.07, 6.45) is -0.850. The van der Waals surface area contributed by atoms with Crippen LogP contribution in [-0.2, 0) is 9.53 Å². The van der Waals surface area contributed by atoms with Gasteiger partial charge in [0.2, 0.25) is 0 Å². The molecule has 0 saturated carbocycles. The number of hydrogen-bond acceptors (Lipinski definition) is 4. The van der Waals surface area contributed by atoms with Crippen LogP contribution in [0.15, 0.2) is 0 Å². The first-order chi connectivity index (χ1) is 6.76. The van der Waals surface area contributed by atoms with Crippen LogP contribution in [0.4, 0.5) is 4.79 Å². The van der Waals surface area contributed by atoms with E-state index in [1.165, 1.54) is 0 Å². The second kappa shape index (κ2) is 7.89. The second-order valence-corrected chi connectivity index (χ2v) is 4.05. The van der Waals surface area contributed by atoms with Crippen LogP contribution in [0.25, 0.3) is 0 Å². The molecule has 89 valence electrons. The molecule has 0 heterocycles. The minimum Gasteiger partial charge on any atom is -0.480 e. The average molecular weight is 242 g/mol. The predicted octanol–water partition coefficient (Wildman–Crippen LogP) is -0.0341. The van der Waals surface area contributed by atoms with Crippen molar-refractivity contribution in [3.8, 4) is 0 Å². The van der Waals surface area contributed by atoms with Crippen LogP contribution in [-0.4, -0.2) is 70.1 Å². The first-order valence-corrected chi connectivity index (χ1v) is 4.59. The molecule has 7 heteroatoms. The number of aliphatic carboxylic acids is 1. The summed E-state index contributed by atoms with van der Waals surface area (Å²) >= 11 is 0. The quantitative estimate of drug-likeness (QED) is 0.601. The summed E-state index contributed by atoms with van der Waals surface area (Å²) in [6.45, 7) is 4.71. The fourth-order valence-corrected chi connectivity index (χ4v) is 0.836. The topological polar surface area (TPSA) is 95.9 Å². The van der Waals surface area contributed by atoms with Crippen molar-refractivity contribution in [1.29, 1.82) is 0 Å². The van der Waals surface area contributed by atoms with E-state index >= 15 is 0 Å². The number of carbonyl (C=O) groups excluding carboxylic acids is 1. The molecule has 1 atom stereocenters. The average Bonchev–Trinajstić information content (AvgIpc) is 1.99. The number of aliphatic hydroxyl groups excluding tert-OH is 1. The van der Waals surface area contributed by atoms with Gasteiger partial charge in [-0.15, -0.1) is 0 Å². The van der Waals surface area contributed by atoms with E-state index < -0.39 is 23.7 Å². The minimum atomic E-state index is -1.20. The molecule has 0 aromatic carbocycles. The van der Waals surface area contributed by atoms with Crippen molar-refractivity contribution in [3.05, 3.63) is 0 Å². The first-order valence-electron chi connectivity index (χ1n) is 4.59. The van der Waals surface area contributed by atoms with Gasteiger partial charge in [0.25, 0.3) is 0 Å². The largest absolute Gasteiger partial charge is 0.480 e. The van der Waals surface area contributed by atoms with Gasteiger partial charge < -0.3 is 20.3 Å². The zero-order valence-electron chi connectivity index (χ0n) is 10.1. The number of nitrogens with one attached hydrogen (secondary N) is 1. The molecule has 0 rings (SSSR count). The zero-order chi connectivity index (χ0) is 12.1. The molecule has 0 saturated heterocycles. The Morgan fingerprint density at radius 3 is 2.19 bits per heavy atom. The number of ether oxygens (including phenoxy) is 1. The van der Waals surface area contributed by atoms with Gasteiger partial charge in [-0.1, -0.05) is 0 Å². The second-order valence-electron chi connectivity index (χ2n) is 4.05. The Kier molecular flexibility index (Phi) is 8.91. The van der Waals surface area contributed by atoms with E-state index in [1.54, 1.807) is 20.8 Å². The number of carboxylic acids is 1. The summed E-state index contributed by atoms with van der Waals surface area (Å²) in [5.41, 5.74) is -0.674. The summed E-state index contributed by atoms with van der Waals surface area (Å²) < 4.78 is 4.87. The summed E-state index contributed by atoms with van der Waals surface area (Å²) in [5.74, 6) is -1.20. The first kappa shape index (κ1) is 18.1. The monoisotopic (exact) mass is 242 g/mol. The van der Waals surface area contributed by atoms with Crippen molar-refractivity contribution in [2.45, 2.75) is 38.8 Å². The van der Waals surface area contributed by atoms with Gasteiger partial charge in [-0.25, -0.2) is 9.59 Å². The Balaban J connectivity index is 0. The Morgan fingerprint density at radius 1 is 1.38 bits per heavy atom. The number of hydrogen-bond donors (Lipinski definition) is 3. The predicted molar refractivity (Wildman–Crippen MR) is 58.3 cm³/mol. The van der Waals surface area contributed by atoms with Crippen molar-refractivity contribution in [2.24, 2.45) is 0 Å². The van der Waals surface area contributed by atoms with Crippen molar-refractivity contribution in [3.63, 3.8) is 0 Å². The number of aliphatic hydroxyl groups is 1. The molecular formula is C9H17NNaO5. The Morgan fingerprint density at radius 2 is 1.88 bits per heavy atom. The van der Waals surface area contributed by atoms with Crippen molar-refractivity contribution >= 4 is 41.6 Å². The van der Waals surface area contributed by atoms with Gasteiger partial charge in [0.15, 0.2) is 0 Å². The summed E-state index contributed by atoms with van der Waals surface area (Å²) in [4.78, 5) is 21.8. The van der Waals surface area contributed by atoms with E-state index in [4.69, 9.17) is 14.9 Å². The molecule has 1 amide bonds. The fourth-order valence-electron chi connectivity index (χ4n) is 0.836. The Hall–Kier alpha value is -0.300. The molecule has 0 unspecified atom stereocenters. The van der Waals surface area contributed by atoms with Crippen LogP contribution in [0.2, 0.25) is 0 Å². The zero-order valence-corrected chi connectivity index (χ0v) is 12.1. The van der Waals surface area contributed by atoms with Crippen molar-refractivity contribution < 1.29 is 24.5 Å². The molecule has 16 heavy (non-hydrogen) atoms. The molecule has 0 aromatic heterocycles. The molecular weight excluding hydrogens is 225 g/mol. The number of rotatable bonds is 4. The van der Waals surface area contributed by atoms with Gasteiger partial charge >= 0.3 is 12.1 Å². The van der Waals surface area contributed by atoms with Crippen LogP contribution in [0.3, 0.4) is 0 Å². The van der Waals surface area contributed by atoms with Crippen molar-refractivity contribution in [2.75, 3.05) is 6.61 Å². The molecule has 0 bridgehead atoms. The van der Waals surface area contributed by atoms with E-state index in [0.717, 1.165) is 0 Å². The molecule has 3 N–H and O–H groups in total. The Bertz CT molecular complexity index is 239. The van der Waals surface area contributed by atoms with E-state index in [1.807, 2.05) is 0 Å². The summed E-state index contributed by atoms with van der Waals surface area (Å²) in [5, 5.41) is 19.4. The number of carboxylic acid groups (broad SMARTS) is 1. The normalized spacial score (nSPS) is 12.2. The van der Waals surface area contributed by atoms with Crippen LogP contribution < -0.4 is 5.32 Å². The maximum Gasteiger partial charge on any atom is 0.408 e. The standard InChI is InChI=1S/C9H17NO5.Na/c1-9(2,3)15-8(14)10-6(4-5-11)7(12)13;/h6,11H,4-5H2,1-3H3,(H,10,14)(H,12,13);/t6-;/m1./s1. The van der Waals surface area contributed by atoms with E-state index in [9.17, 15) is 9.59 Å². The van der Waals surface area contributed by atoms with Gasteiger partial charge in [0.05, 0.1) is 0 Å². The van der Waals surface area contributed by atoms with Gasteiger partial charge in [-0.3, -0.25) is 0 Å². The van der Waals surface area contributed by atoms with E-state index in [-0.39, 0.29) is 42.6 Å². The van der Waals surface area contributed by atoms with Gasteiger partial charge in [-0.05, 0) is 20.8 Å². The van der Waals surface area contributed by atoms with Crippen LogP contribution >= 0.6 is 0 Å². The van der Waals surface area contributed by atoms with E-state index in [0.29, 0.717) is 0 Å². The molecule has 0 spiro atoms. The fraction of sp³-hybridized carbons (Fsp3) is 0.778. The molecule has 0 aliphatic heterocycles. The smallest absolute Gasteiger partial charge is 0.408 e. The molecule has 6 nitrogen and oxygen atoms in total. The SMILES string of the molecule is CC(C)(C)OC(=O)N[C@H](CCO)C(=O)O.[Na]. The number of alkyl carbamates (subject to hydrolysis) is 1. The molecule has 0 aromatic rings. The summed E-state index contributed by atoms with van der Waals surface area (Å²) in [7, 11) is 0. The van der Waals surface area contributed by atoms with Gasteiger partial charge in [0.1, 0.15) is 11.6 Å². The number of carbonyl (C=O) groups is 2. The third kappa shape index (κ3) is 8.96. The van der Waals surface area contributed by atoms with Crippen LogP contribution in [0, 0.1) is 0 Å². The minimum absolute atomic E-state index is 0. The molecule has 0 fully saturated rings. The third-order valence-corrected chi connectivity index (χ3v) is 1.41. The van der Waals surface area contributed by atoms with Crippen LogP contribution in [0.1, 0.15) is 27.2 Å². The van der Waals surface area contributed by atoms with Crippen LogP contribution in [0.5, 0.6) is 0 Å². The Labute approximate surface area is 117 Å². The maximum atomic E-state index is 11.2. The molecule has 1 radical (unpaired) electrons. The summed E-state index contributed by atoms with van der Waals surface area (Å²) in [6, 6.07) is -1.12. The molecule has 0 aliphatic rings. The van der Waals surface area contributed by atoms with Gasteiger partial charge in [-0.2, -0.15) is 0 Å². The van der Waals surface area contributed by atoms with E-state index in [2.05, 4.69) is 5.32 Å². The molecule has 0 aliphatic carbocycles. The van der Waals surface area contributed by atoms with Crippen molar-refractivity contribution in [1.82, 2.24) is 5.32 Å².